The molecule has 0 aliphatic rings. The molecule has 1 N–H and O–H groups in total. The molecular formula is C13H12ClF2N3O. The number of aromatic nitrogens is 2. The molecule has 0 bridgehead atoms. The van der Waals surface area contributed by atoms with Crippen molar-refractivity contribution in [2.45, 2.75) is 19.9 Å². The van der Waals surface area contributed by atoms with E-state index >= 15 is 0 Å². The second-order valence-corrected chi connectivity index (χ2v) is 4.60. The van der Waals surface area contributed by atoms with Crippen LogP contribution >= 0.6 is 11.6 Å². The van der Waals surface area contributed by atoms with E-state index in [0.29, 0.717) is 5.69 Å². The molecule has 2 aromatic rings. The molecule has 0 aliphatic heterocycles. The number of nitrogens with zero attached hydrogens (tertiary/aromatic N) is 2. The van der Waals surface area contributed by atoms with E-state index in [1.54, 1.807) is 19.2 Å². The molecule has 0 saturated carbocycles. The summed E-state index contributed by atoms with van der Waals surface area (Å²) in [6.45, 7) is 1.27. The molecule has 0 atom stereocenters. The van der Waals surface area contributed by atoms with E-state index in [0.717, 1.165) is 5.56 Å². The van der Waals surface area contributed by atoms with Gasteiger partial charge in [-0.3, -0.25) is 4.79 Å². The molecule has 2 heterocycles. The topological polar surface area (TPSA) is 46.9 Å². The number of aryl methyl sites for hydroxylation is 1. The van der Waals surface area contributed by atoms with E-state index < -0.39 is 18.9 Å². The Hall–Kier alpha value is -1.95. The zero-order chi connectivity index (χ0) is 14.7. The maximum atomic E-state index is 12.4. The van der Waals surface area contributed by atoms with Crippen molar-refractivity contribution < 1.29 is 13.6 Å². The number of hydrogen-bond donors (Lipinski definition) is 1. The maximum absolute atomic E-state index is 12.4. The third-order valence-corrected chi connectivity index (χ3v) is 2.92. The van der Waals surface area contributed by atoms with E-state index in [9.17, 15) is 13.6 Å². The zero-order valence-electron chi connectivity index (χ0n) is 10.6. The van der Waals surface area contributed by atoms with Crippen LogP contribution < -0.4 is 5.32 Å². The monoisotopic (exact) mass is 299 g/mol. The molecule has 0 radical (unpaired) electrons. The Kier molecular flexibility index (Phi) is 4.34. The van der Waals surface area contributed by atoms with Gasteiger partial charge in [0.05, 0.1) is 12.2 Å². The first-order valence-corrected chi connectivity index (χ1v) is 6.22. The highest BCUT2D eigenvalue weighted by Gasteiger charge is 2.15. The van der Waals surface area contributed by atoms with Crippen molar-refractivity contribution in [2.24, 2.45) is 0 Å². The summed E-state index contributed by atoms with van der Waals surface area (Å²) >= 11 is 5.87. The molecule has 2 rings (SSSR count). The van der Waals surface area contributed by atoms with Crippen LogP contribution in [0.5, 0.6) is 0 Å². The fraction of sp³-hybridized carbons (Fsp3) is 0.231. The molecule has 0 saturated heterocycles. The van der Waals surface area contributed by atoms with Crippen molar-refractivity contribution in [3.8, 4) is 0 Å². The highest BCUT2D eigenvalue weighted by atomic mass is 35.5. The number of halogens is 3. The number of carbonyl (C=O) groups excluding carboxylic acids is 1. The Morgan fingerprint density at radius 3 is 3.00 bits per heavy atom. The second-order valence-electron chi connectivity index (χ2n) is 4.24. The summed E-state index contributed by atoms with van der Waals surface area (Å²) < 4.78 is 26.0. The van der Waals surface area contributed by atoms with Crippen molar-refractivity contribution in [3.05, 3.63) is 47.0 Å². The summed E-state index contributed by atoms with van der Waals surface area (Å²) in [4.78, 5) is 16.0. The lowest BCUT2D eigenvalue weighted by atomic mass is 10.3. The van der Waals surface area contributed by atoms with Gasteiger partial charge in [0.15, 0.2) is 5.15 Å². The normalized spacial score (nSPS) is 10.8. The van der Waals surface area contributed by atoms with Crippen LogP contribution in [0.3, 0.4) is 0 Å². The van der Waals surface area contributed by atoms with Gasteiger partial charge in [-0.2, -0.15) is 0 Å². The maximum Gasteiger partial charge on any atom is 0.272 e. The SMILES string of the molecule is Cc1cnc(Cl)c(NC(=O)c2cccn2CC(F)F)c1. The van der Waals surface area contributed by atoms with Gasteiger partial charge in [-0.25, -0.2) is 13.8 Å². The number of pyridine rings is 1. The minimum atomic E-state index is -2.53. The number of rotatable bonds is 4. The van der Waals surface area contributed by atoms with Gasteiger partial charge < -0.3 is 9.88 Å². The molecule has 0 unspecified atom stereocenters. The van der Waals surface area contributed by atoms with Crippen molar-refractivity contribution >= 4 is 23.2 Å². The molecule has 20 heavy (non-hydrogen) atoms. The van der Waals surface area contributed by atoms with Crippen LogP contribution in [-0.2, 0) is 6.54 Å². The van der Waals surface area contributed by atoms with Crippen molar-refractivity contribution in [1.82, 2.24) is 9.55 Å². The van der Waals surface area contributed by atoms with Crippen LogP contribution in [-0.4, -0.2) is 21.9 Å². The average Bonchev–Trinajstić information content (AvgIpc) is 2.81. The molecule has 0 aliphatic carbocycles. The Morgan fingerprint density at radius 1 is 1.55 bits per heavy atom. The summed E-state index contributed by atoms with van der Waals surface area (Å²) in [5.41, 5.74) is 1.32. The van der Waals surface area contributed by atoms with Crippen LogP contribution in [0, 0.1) is 6.92 Å². The lowest BCUT2D eigenvalue weighted by molar-refractivity contribution is 0.0997. The van der Waals surface area contributed by atoms with Crippen LogP contribution in [0.4, 0.5) is 14.5 Å². The number of anilines is 1. The quantitative estimate of drug-likeness (QED) is 0.880. The summed E-state index contributed by atoms with van der Waals surface area (Å²) in [6, 6.07) is 4.66. The summed E-state index contributed by atoms with van der Waals surface area (Å²) in [7, 11) is 0. The first-order valence-electron chi connectivity index (χ1n) is 5.84. The standard InChI is InChI=1S/C13H12ClF2N3O/c1-8-5-9(12(14)17-6-8)18-13(20)10-3-2-4-19(10)7-11(15)16/h2-6,11H,7H2,1H3,(H,18,20). The van der Waals surface area contributed by atoms with Gasteiger partial charge >= 0.3 is 0 Å². The number of hydrogen-bond acceptors (Lipinski definition) is 2. The molecule has 0 spiro atoms. The lowest BCUT2D eigenvalue weighted by Crippen LogP contribution is -2.19. The zero-order valence-corrected chi connectivity index (χ0v) is 11.4. The molecule has 0 fully saturated rings. The Labute approximate surface area is 119 Å². The summed E-state index contributed by atoms with van der Waals surface area (Å²) in [5.74, 6) is -0.509. The highest BCUT2D eigenvalue weighted by molar-refractivity contribution is 6.32. The van der Waals surface area contributed by atoms with Gasteiger partial charge in [-0.15, -0.1) is 0 Å². The Morgan fingerprint density at radius 2 is 2.30 bits per heavy atom. The first kappa shape index (κ1) is 14.5. The molecule has 2 aromatic heterocycles. The predicted octanol–water partition coefficient (Wildman–Crippen LogP) is 3.36. The number of nitrogens with one attached hydrogen (secondary N) is 1. The van der Waals surface area contributed by atoms with Gasteiger partial charge in [-0.05, 0) is 30.7 Å². The highest BCUT2D eigenvalue weighted by Crippen LogP contribution is 2.20. The van der Waals surface area contributed by atoms with Crippen molar-refractivity contribution in [1.29, 1.82) is 0 Å². The third-order valence-electron chi connectivity index (χ3n) is 2.62. The fourth-order valence-electron chi connectivity index (χ4n) is 1.75. The second kappa shape index (κ2) is 6.00. The van der Waals surface area contributed by atoms with Crippen molar-refractivity contribution in [3.63, 3.8) is 0 Å². The first-order chi connectivity index (χ1) is 9.47. The minimum absolute atomic E-state index is 0.142. The predicted molar refractivity (Wildman–Crippen MR) is 72.4 cm³/mol. The van der Waals surface area contributed by atoms with E-state index in [4.69, 9.17) is 11.6 Å². The van der Waals surface area contributed by atoms with Crippen molar-refractivity contribution in [2.75, 3.05) is 5.32 Å². The van der Waals surface area contributed by atoms with Crippen LogP contribution in [0.15, 0.2) is 30.6 Å². The summed E-state index contributed by atoms with van der Waals surface area (Å²) in [5, 5.41) is 2.72. The van der Waals surface area contributed by atoms with Gasteiger partial charge in [0.1, 0.15) is 5.69 Å². The van der Waals surface area contributed by atoms with E-state index in [1.807, 2.05) is 0 Å². The largest absolute Gasteiger partial charge is 0.338 e. The smallest absolute Gasteiger partial charge is 0.272 e. The molecular weight excluding hydrogens is 288 g/mol. The number of alkyl halides is 2. The van der Waals surface area contributed by atoms with Crippen LogP contribution in [0.1, 0.15) is 16.1 Å². The van der Waals surface area contributed by atoms with E-state index in [1.165, 1.54) is 22.9 Å². The molecule has 106 valence electrons. The molecule has 0 aromatic carbocycles. The van der Waals surface area contributed by atoms with Gasteiger partial charge in [-0.1, -0.05) is 11.6 Å². The number of carbonyl (C=O) groups is 1. The third kappa shape index (κ3) is 3.33. The molecule has 7 heteroatoms. The average molecular weight is 300 g/mol. The lowest BCUT2D eigenvalue weighted by Gasteiger charge is -2.10. The van der Waals surface area contributed by atoms with Gasteiger partial charge in [0, 0.05) is 12.4 Å². The Balaban J connectivity index is 2.20. The van der Waals surface area contributed by atoms with Gasteiger partial charge in [0.25, 0.3) is 12.3 Å². The number of amides is 1. The van der Waals surface area contributed by atoms with Gasteiger partial charge in [0.2, 0.25) is 0 Å². The van der Waals surface area contributed by atoms with Crippen LogP contribution in [0.2, 0.25) is 5.15 Å². The minimum Gasteiger partial charge on any atom is -0.338 e. The molecule has 1 amide bonds. The van der Waals surface area contributed by atoms with E-state index in [-0.39, 0.29) is 10.8 Å². The molecule has 4 nitrogen and oxygen atoms in total. The van der Waals surface area contributed by atoms with Crippen LogP contribution in [0.25, 0.3) is 0 Å². The van der Waals surface area contributed by atoms with E-state index in [2.05, 4.69) is 10.3 Å². The summed E-state index contributed by atoms with van der Waals surface area (Å²) in [6.07, 6.45) is 0.465. The Bertz CT molecular complexity index is 628. The fourth-order valence-corrected chi connectivity index (χ4v) is 1.91.